The van der Waals surface area contributed by atoms with Crippen molar-refractivity contribution in [3.05, 3.63) is 35.5 Å². The lowest BCUT2D eigenvalue weighted by Gasteiger charge is -2.42. The first kappa shape index (κ1) is 24.3. The monoisotopic (exact) mass is 426 g/mol. The molecule has 3 heteroatoms. The maximum atomic E-state index is 10.5. The maximum absolute atomic E-state index is 10.5. The van der Waals surface area contributed by atoms with Gasteiger partial charge in [-0.1, -0.05) is 63.5 Å². The number of allylic oxidation sites excluding steroid dienone is 5. The van der Waals surface area contributed by atoms with E-state index in [9.17, 15) is 15.3 Å². The first-order chi connectivity index (χ1) is 14.4. The molecule has 3 rings (SSSR count). The lowest BCUT2D eigenvalue weighted by Crippen LogP contribution is -2.40. The van der Waals surface area contributed by atoms with Gasteiger partial charge in [0.05, 0.1) is 12.2 Å². The first-order valence-electron chi connectivity index (χ1n) is 12.1. The summed E-state index contributed by atoms with van der Waals surface area (Å²) in [5.74, 6) is 7.86. The van der Waals surface area contributed by atoms with Gasteiger partial charge >= 0.3 is 0 Å². The molecule has 0 spiro atoms. The summed E-state index contributed by atoms with van der Waals surface area (Å²) >= 11 is 0. The highest BCUT2D eigenvalue weighted by molar-refractivity contribution is 5.35. The van der Waals surface area contributed by atoms with E-state index in [2.05, 4.69) is 56.9 Å². The van der Waals surface area contributed by atoms with Crippen LogP contribution in [0.25, 0.3) is 0 Å². The van der Waals surface area contributed by atoms with Crippen LogP contribution < -0.4 is 0 Å². The van der Waals surface area contributed by atoms with E-state index in [1.165, 1.54) is 18.4 Å². The van der Waals surface area contributed by atoms with E-state index >= 15 is 0 Å². The SMILES string of the molecule is C[C@H]1[C@H](O)[C@H](C)/C(=C/C=C2\C=CC[C@@]3(C)[C@@H]2CC[C@@H]3[C@@H](C)CC#CC(C)(C)O)C[C@H]1O. The Labute approximate surface area is 189 Å². The molecule has 172 valence electrons. The average molecular weight is 427 g/mol. The summed E-state index contributed by atoms with van der Waals surface area (Å²) in [7, 11) is 0. The number of hydrogen-bond acceptors (Lipinski definition) is 3. The van der Waals surface area contributed by atoms with E-state index in [0.717, 1.165) is 18.4 Å². The second-order valence-corrected chi connectivity index (χ2v) is 11.2. The normalized spacial score (nSPS) is 41.7. The predicted octanol–water partition coefficient (Wildman–Crippen LogP) is 5.03. The standard InChI is InChI=1S/C28H42O3/c1-18(9-7-15-27(4,5)31)23-13-14-24-21(10-8-16-28(23,24)6)11-12-22-17-25(29)20(3)26(30)19(22)2/h8,10-12,18-20,23-26,29-31H,9,13-14,16-17H2,1-6H3/b21-11+,22-12+/t18-,19+,20+,23+,24+,25+,26+,28+/m0/s1. The quantitative estimate of drug-likeness (QED) is 0.555. The van der Waals surface area contributed by atoms with Gasteiger partial charge in [-0.25, -0.2) is 0 Å². The van der Waals surface area contributed by atoms with Crippen LogP contribution in [-0.4, -0.2) is 33.1 Å². The maximum Gasteiger partial charge on any atom is 0.119 e. The number of hydrogen-bond donors (Lipinski definition) is 3. The van der Waals surface area contributed by atoms with Crippen molar-refractivity contribution < 1.29 is 15.3 Å². The second-order valence-electron chi connectivity index (χ2n) is 11.2. The number of aliphatic hydroxyl groups excluding tert-OH is 2. The lowest BCUT2D eigenvalue weighted by molar-refractivity contribution is -0.0208. The summed E-state index contributed by atoms with van der Waals surface area (Å²) in [6, 6.07) is 0. The van der Waals surface area contributed by atoms with Gasteiger partial charge in [0.15, 0.2) is 0 Å². The van der Waals surface area contributed by atoms with Crippen molar-refractivity contribution in [3.8, 4) is 11.8 Å². The second kappa shape index (κ2) is 9.26. The van der Waals surface area contributed by atoms with E-state index in [4.69, 9.17) is 0 Å². The van der Waals surface area contributed by atoms with E-state index in [-0.39, 0.29) is 17.3 Å². The summed E-state index contributed by atoms with van der Waals surface area (Å²) in [5, 5.41) is 30.7. The highest BCUT2D eigenvalue weighted by Gasteiger charge is 2.49. The molecular formula is C28H42O3. The Kier molecular flexibility index (Phi) is 7.26. The Balaban J connectivity index is 1.77. The fraction of sp³-hybridized carbons (Fsp3) is 0.714. The molecule has 2 fully saturated rings. The third-order valence-corrected chi connectivity index (χ3v) is 8.36. The predicted molar refractivity (Wildman–Crippen MR) is 127 cm³/mol. The van der Waals surface area contributed by atoms with Gasteiger partial charge in [0.2, 0.25) is 0 Å². The Morgan fingerprint density at radius 3 is 2.61 bits per heavy atom. The van der Waals surface area contributed by atoms with Crippen molar-refractivity contribution in [2.45, 2.75) is 91.5 Å². The Morgan fingerprint density at radius 2 is 1.94 bits per heavy atom. The zero-order chi connectivity index (χ0) is 23.0. The minimum absolute atomic E-state index is 0.0748. The fourth-order valence-corrected chi connectivity index (χ4v) is 6.29. The molecule has 3 nitrogen and oxygen atoms in total. The third-order valence-electron chi connectivity index (χ3n) is 8.36. The molecule has 0 aromatic rings. The zero-order valence-corrected chi connectivity index (χ0v) is 20.2. The molecule has 0 saturated heterocycles. The van der Waals surface area contributed by atoms with Gasteiger partial charge < -0.3 is 15.3 Å². The van der Waals surface area contributed by atoms with Gasteiger partial charge in [-0.2, -0.15) is 0 Å². The molecule has 0 heterocycles. The number of rotatable bonds is 3. The molecule has 0 aromatic carbocycles. The van der Waals surface area contributed by atoms with Crippen molar-refractivity contribution in [1.29, 1.82) is 0 Å². The minimum atomic E-state index is -0.923. The molecule has 3 aliphatic rings. The average Bonchev–Trinajstić information content (AvgIpc) is 3.04. The Morgan fingerprint density at radius 1 is 1.23 bits per heavy atom. The summed E-state index contributed by atoms with van der Waals surface area (Å²) < 4.78 is 0. The van der Waals surface area contributed by atoms with E-state index in [1.807, 2.05) is 6.92 Å². The van der Waals surface area contributed by atoms with Gasteiger partial charge in [-0.05, 0) is 68.3 Å². The van der Waals surface area contributed by atoms with Crippen LogP contribution in [0.1, 0.15) is 73.6 Å². The third kappa shape index (κ3) is 5.19. The molecule has 31 heavy (non-hydrogen) atoms. The van der Waals surface area contributed by atoms with Crippen molar-refractivity contribution in [3.63, 3.8) is 0 Å². The molecule has 0 radical (unpaired) electrons. The largest absolute Gasteiger partial charge is 0.392 e. The smallest absolute Gasteiger partial charge is 0.119 e. The van der Waals surface area contributed by atoms with Crippen molar-refractivity contribution in [2.75, 3.05) is 0 Å². The Hall–Kier alpha value is -1.34. The highest BCUT2D eigenvalue weighted by Crippen LogP contribution is 2.58. The van der Waals surface area contributed by atoms with Crippen LogP contribution in [0.2, 0.25) is 0 Å². The molecule has 0 amide bonds. The lowest BCUT2D eigenvalue weighted by atomic mass is 9.63. The van der Waals surface area contributed by atoms with Crippen LogP contribution in [-0.2, 0) is 0 Å². The van der Waals surface area contributed by atoms with Crippen LogP contribution >= 0.6 is 0 Å². The van der Waals surface area contributed by atoms with Gasteiger partial charge in [-0.15, -0.1) is 5.92 Å². The van der Waals surface area contributed by atoms with Gasteiger partial charge in [0, 0.05) is 18.3 Å². The summed E-state index contributed by atoms with van der Waals surface area (Å²) in [5.41, 5.74) is 1.85. The Bertz CT molecular complexity index is 802. The highest BCUT2D eigenvalue weighted by atomic mass is 16.3. The molecule has 0 unspecified atom stereocenters. The van der Waals surface area contributed by atoms with Gasteiger partial charge in [-0.3, -0.25) is 0 Å². The topological polar surface area (TPSA) is 60.7 Å². The van der Waals surface area contributed by atoms with Crippen molar-refractivity contribution in [1.82, 2.24) is 0 Å². The molecule has 8 atom stereocenters. The fourth-order valence-electron chi connectivity index (χ4n) is 6.29. The van der Waals surface area contributed by atoms with Gasteiger partial charge in [0.1, 0.15) is 5.60 Å². The van der Waals surface area contributed by atoms with E-state index in [0.29, 0.717) is 24.2 Å². The van der Waals surface area contributed by atoms with Crippen LogP contribution in [0.3, 0.4) is 0 Å². The summed E-state index contributed by atoms with van der Waals surface area (Å²) in [6.45, 7) is 12.2. The molecule has 3 N–H and O–H groups in total. The zero-order valence-electron chi connectivity index (χ0n) is 20.2. The van der Waals surface area contributed by atoms with Crippen molar-refractivity contribution in [2.24, 2.45) is 35.0 Å². The minimum Gasteiger partial charge on any atom is -0.392 e. The molecule has 0 aromatic heterocycles. The van der Waals surface area contributed by atoms with E-state index in [1.54, 1.807) is 13.8 Å². The van der Waals surface area contributed by atoms with Gasteiger partial charge in [0.25, 0.3) is 0 Å². The molecule has 0 bridgehead atoms. The van der Waals surface area contributed by atoms with Crippen LogP contribution in [0.4, 0.5) is 0 Å². The van der Waals surface area contributed by atoms with Crippen LogP contribution in [0.5, 0.6) is 0 Å². The molecular weight excluding hydrogens is 384 g/mol. The van der Waals surface area contributed by atoms with Crippen LogP contribution in [0, 0.1) is 46.8 Å². The molecule has 3 aliphatic carbocycles. The first-order valence-corrected chi connectivity index (χ1v) is 12.1. The number of aliphatic hydroxyl groups is 3. The number of fused-ring (bicyclic) bond motifs is 1. The van der Waals surface area contributed by atoms with E-state index < -0.39 is 17.8 Å². The summed E-state index contributed by atoms with van der Waals surface area (Å²) in [6.07, 6.45) is 13.1. The van der Waals surface area contributed by atoms with Crippen molar-refractivity contribution >= 4 is 0 Å². The summed E-state index contributed by atoms with van der Waals surface area (Å²) in [4.78, 5) is 0. The molecule has 2 saturated carbocycles. The molecule has 0 aliphatic heterocycles. The van der Waals surface area contributed by atoms with Crippen LogP contribution in [0.15, 0.2) is 35.5 Å².